The summed E-state index contributed by atoms with van der Waals surface area (Å²) in [6.07, 6.45) is 0.924. The van der Waals surface area contributed by atoms with E-state index in [0.717, 1.165) is 6.33 Å². The summed E-state index contributed by atoms with van der Waals surface area (Å²) in [4.78, 5) is 24.0. The molecule has 0 atom stereocenters. The van der Waals surface area contributed by atoms with Gasteiger partial charge >= 0.3 is 11.9 Å². The normalized spacial score (nSPS) is 9.67. The molecule has 0 bridgehead atoms. The van der Waals surface area contributed by atoms with Gasteiger partial charge in [0.25, 0.3) is 0 Å². The monoisotopic (exact) mass is 171 g/mol. The van der Waals surface area contributed by atoms with Gasteiger partial charge in [0, 0.05) is 0 Å². The number of carboxylic acid groups (broad SMARTS) is 2. The molecule has 64 valence electrons. The van der Waals surface area contributed by atoms with E-state index in [0.29, 0.717) is 4.68 Å². The van der Waals surface area contributed by atoms with Crippen LogP contribution in [0.3, 0.4) is 0 Å². The highest BCUT2D eigenvalue weighted by Gasteiger charge is 2.21. The lowest BCUT2D eigenvalue weighted by Crippen LogP contribution is -2.17. The number of hydrogen-bond acceptors (Lipinski definition) is 4. The molecule has 0 saturated carbocycles. The van der Waals surface area contributed by atoms with E-state index in [9.17, 15) is 9.59 Å². The van der Waals surface area contributed by atoms with Crippen LogP contribution < -0.4 is 5.84 Å². The first-order valence-electron chi connectivity index (χ1n) is 2.83. The number of aromatic carboxylic acids is 2. The Morgan fingerprint density at radius 3 is 2.33 bits per heavy atom. The van der Waals surface area contributed by atoms with Gasteiger partial charge in [0.15, 0.2) is 11.4 Å². The number of carbonyl (C=O) groups is 2. The second kappa shape index (κ2) is 2.53. The van der Waals surface area contributed by atoms with Gasteiger partial charge in [-0.15, -0.1) is 0 Å². The fourth-order valence-electron chi connectivity index (χ4n) is 0.729. The Kier molecular flexibility index (Phi) is 1.70. The minimum atomic E-state index is -1.42. The van der Waals surface area contributed by atoms with Crippen LogP contribution in [0.1, 0.15) is 21.0 Å². The Labute approximate surface area is 66.0 Å². The third kappa shape index (κ3) is 1.07. The van der Waals surface area contributed by atoms with Crippen LogP contribution in [0.5, 0.6) is 0 Å². The van der Waals surface area contributed by atoms with Crippen molar-refractivity contribution >= 4 is 11.9 Å². The molecule has 0 aromatic carbocycles. The summed E-state index contributed by atoms with van der Waals surface area (Å²) >= 11 is 0. The predicted octanol–water partition coefficient (Wildman–Crippen LogP) is -1.01. The van der Waals surface area contributed by atoms with Crippen LogP contribution in [0.15, 0.2) is 6.33 Å². The average molecular weight is 171 g/mol. The SMILES string of the molecule is Nn1cnc(C(=O)O)c1C(=O)O. The molecule has 0 aliphatic rings. The summed E-state index contributed by atoms with van der Waals surface area (Å²) < 4.78 is 0.645. The summed E-state index contributed by atoms with van der Waals surface area (Å²) in [7, 11) is 0. The average Bonchev–Trinajstić information content (AvgIpc) is 2.30. The number of nitrogens with zero attached hydrogens (tertiary/aromatic N) is 2. The number of imidazole rings is 1. The quantitative estimate of drug-likeness (QED) is 0.490. The van der Waals surface area contributed by atoms with Gasteiger partial charge in [0.1, 0.15) is 6.33 Å². The van der Waals surface area contributed by atoms with Crippen LogP contribution in [0, 0.1) is 0 Å². The second-order valence-electron chi connectivity index (χ2n) is 1.96. The fraction of sp³-hybridized carbons (Fsp3) is 0. The molecule has 7 nitrogen and oxygen atoms in total. The highest BCUT2D eigenvalue weighted by molar-refractivity contribution is 5.99. The largest absolute Gasteiger partial charge is 0.476 e. The standard InChI is InChI=1S/C5H5N3O4/c6-8-1-7-2(4(9)10)3(8)5(11)12/h1H,6H2,(H,9,10)(H,11,12). The van der Waals surface area contributed by atoms with Crippen LogP contribution in [0.4, 0.5) is 0 Å². The van der Waals surface area contributed by atoms with Crippen molar-refractivity contribution < 1.29 is 19.8 Å². The van der Waals surface area contributed by atoms with Gasteiger partial charge in [-0.05, 0) is 0 Å². The third-order valence-corrected chi connectivity index (χ3v) is 1.20. The molecule has 1 rings (SSSR count). The molecular weight excluding hydrogens is 166 g/mol. The molecule has 0 fully saturated rings. The first-order chi connectivity index (χ1) is 5.54. The molecule has 1 heterocycles. The number of nitrogen functional groups attached to an aromatic ring is 1. The molecule has 0 saturated heterocycles. The molecule has 0 amide bonds. The van der Waals surface area contributed by atoms with Gasteiger partial charge in [-0.25, -0.2) is 19.2 Å². The van der Waals surface area contributed by atoms with Gasteiger partial charge in [0.2, 0.25) is 0 Å². The van der Waals surface area contributed by atoms with Crippen molar-refractivity contribution in [1.82, 2.24) is 9.66 Å². The van der Waals surface area contributed by atoms with Gasteiger partial charge < -0.3 is 16.1 Å². The van der Waals surface area contributed by atoms with E-state index in [1.807, 2.05) is 0 Å². The van der Waals surface area contributed by atoms with Crippen LogP contribution in [-0.4, -0.2) is 31.8 Å². The molecule has 7 heteroatoms. The third-order valence-electron chi connectivity index (χ3n) is 1.20. The van der Waals surface area contributed by atoms with Crippen molar-refractivity contribution in [3.8, 4) is 0 Å². The maximum absolute atomic E-state index is 10.4. The van der Waals surface area contributed by atoms with Crippen molar-refractivity contribution in [2.45, 2.75) is 0 Å². The van der Waals surface area contributed by atoms with E-state index in [2.05, 4.69) is 4.98 Å². The molecule has 4 N–H and O–H groups in total. The lowest BCUT2D eigenvalue weighted by molar-refractivity contribution is 0.0642. The molecule has 0 spiro atoms. The summed E-state index contributed by atoms with van der Waals surface area (Å²) in [5, 5.41) is 16.9. The van der Waals surface area contributed by atoms with E-state index in [-0.39, 0.29) is 0 Å². The molecular formula is C5H5N3O4. The zero-order valence-corrected chi connectivity index (χ0v) is 5.76. The molecule has 1 aromatic rings. The van der Waals surface area contributed by atoms with Crippen molar-refractivity contribution in [1.29, 1.82) is 0 Å². The maximum atomic E-state index is 10.4. The molecule has 0 aliphatic heterocycles. The van der Waals surface area contributed by atoms with Crippen molar-refractivity contribution in [2.75, 3.05) is 5.84 Å². The number of rotatable bonds is 2. The molecule has 1 aromatic heterocycles. The van der Waals surface area contributed by atoms with Crippen molar-refractivity contribution in [3.05, 3.63) is 17.7 Å². The van der Waals surface area contributed by atoms with E-state index >= 15 is 0 Å². The van der Waals surface area contributed by atoms with Gasteiger partial charge in [-0.3, -0.25) is 0 Å². The number of aromatic nitrogens is 2. The summed E-state index contributed by atoms with van der Waals surface area (Å²) in [6, 6.07) is 0. The van der Waals surface area contributed by atoms with E-state index in [4.69, 9.17) is 16.1 Å². The summed E-state index contributed by atoms with van der Waals surface area (Å²) in [6.45, 7) is 0. The lowest BCUT2D eigenvalue weighted by atomic mass is 10.3. The van der Waals surface area contributed by atoms with Gasteiger partial charge in [-0.2, -0.15) is 0 Å². The summed E-state index contributed by atoms with van der Waals surface area (Å²) in [5.41, 5.74) is -1.10. The molecule has 0 radical (unpaired) electrons. The van der Waals surface area contributed by atoms with Crippen LogP contribution >= 0.6 is 0 Å². The Balaban J connectivity index is 3.31. The smallest absolute Gasteiger partial charge is 0.357 e. The van der Waals surface area contributed by atoms with Crippen molar-refractivity contribution in [2.24, 2.45) is 0 Å². The van der Waals surface area contributed by atoms with Gasteiger partial charge in [-0.1, -0.05) is 0 Å². The number of hydrogen-bond donors (Lipinski definition) is 3. The zero-order valence-electron chi connectivity index (χ0n) is 5.76. The highest BCUT2D eigenvalue weighted by atomic mass is 16.4. The highest BCUT2D eigenvalue weighted by Crippen LogP contribution is 2.03. The maximum Gasteiger partial charge on any atom is 0.357 e. The topological polar surface area (TPSA) is 118 Å². The minimum Gasteiger partial charge on any atom is -0.476 e. The Morgan fingerprint density at radius 1 is 1.42 bits per heavy atom. The minimum absolute atomic E-state index is 0.539. The fourth-order valence-corrected chi connectivity index (χ4v) is 0.729. The Morgan fingerprint density at radius 2 is 2.00 bits per heavy atom. The van der Waals surface area contributed by atoms with Crippen LogP contribution in [0.25, 0.3) is 0 Å². The van der Waals surface area contributed by atoms with E-state index in [1.165, 1.54) is 0 Å². The second-order valence-corrected chi connectivity index (χ2v) is 1.96. The van der Waals surface area contributed by atoms with E-state index in [1.54, 1.807) is 0 Å². The molecule has 12 heavy (non-hydrogen) atoms. The van der Waals surface area contributed by atoms with Gasteiger partial charge in [0.05, 0.1) is 0 Å². The Bertz CT molecular complexity index is 342. The first kappa shape index (κ1) is 8.05. The first-order valence-corrected chi connectivity index (χ1v) is 2.83. The molecule has 0 unspecified atom stereocenters. The number of nitrogens with two attached hydrogens (primary N) is 1. The van der Waals surface area contributed by atoms with Crippen LogP contribution in [-0.2, 0) is 0 Å². The zero-order chi connectivity index (χ0) is 9.30. The Hall–Kier alpha value is -2.05. The summed E-state index contributed by atoms with van der Waals surface area (Å²) in [5.74, 6) is 2.25. The van der Waals surface area contributed by atoms with Crippen LogP contribution in [0.2, 0.25) is 0 Å². The van der Waals surface area contributed by atoms with Crippen molar-refractivity contribution in [3.63, 3.8) is 0 Å². The lowest BCUT2D eigenvalue weighted by Gasteiger charge is -1.95. The molecule has 0 aliphatic carbocycles. The predicted molar refractivity (Wildman–Crippen MR) is 36.3 cm³/mol. The number of carboxylic acids is 2. The van der Waals surface area contributed by atoms with E-state index < -0.39 is 23.3 Å².